The zero-order valence-corrected chi connectivity index (χ0v) is 10.6. The third-order valence-electron chi connectivity index (χ3n) is 3.40. The minimum absolute atomic E-state index is 0.106. The third kappa shape index (κ3) is 2.29. The molecule has 18 heavy (non-hydrogen) atoms. The molecule has 1 aliphatic rings. The molecule has 100 valence electrons. The Labute approximate surface area is 104 Å². The topological polar surface area (TPSA) is 19.4 Å². The maximum Gasteiger partial charge on any atom is 0.251 e. The zero-order valence-electron chi connectivity index (χ0n) is 10.6. The molecule has 0 bridgehead atoms. The molecule has 1 fully saturated rings. The maximum atomic E-state index is 13.6. The van der Waals surface area contributed by atoms with Crippen LogP contribution in [0.2, 0.25) is 0 Å². The molecule has 0 saturated carbocycles. The lowest BCUT2D eigenvalue weighted by Gasteiger charge is -2.22. The Morgan fingerprint density at radius 1 is 1.22 bits per heavy atom. The maximum absolute atomic E-state index is 13.6. The van der Waals surface area contributed by atoms with Gasteiger partial charge >= 0.3 is 0 Å². The Kier molecular flexibility index (Phi) is 3.47. The highest BCUT2D eigenvalue weighted by Gasteiger charge is 2.33. The average Bonchev–Trinajstić information content (AvgIpc) is 2.65. The molecule has 0 aliphatic carbocycles. The molecule has 2 rings (SSSR count). The summed E-state index contributed by atoms with van der Waals surface area (Å²) in [4.78, 5) is 7.08. The number of halogens is 3. The number of rotatable bonds is 2. The molecule has 1 aromatic heterocycles. The Balaban J connectivity index is 2.26. The van der Waals surface area contributed by atoms with Crippen molar-refractivity contribution in [2.45, 2.75) is 13.0 Å². The number of hydrogen-bond donors (Lipinski definition) is 0. The largest absolute Gasteiger partial charge is 0.352 e. The van der Waals surface area contributed by atoms with Crippen LogP contribution in [-0.4, -0.2) is 43.1 Å². The van der Waals surface area contributed by atoms with E-state index in [9.17, 15) is 13.2 Å². The van der Waals surface area contributed by atoms with Crippen LogP contribution < -0.4 is 4.90 Å². The summed E-state index contributed by atoms with van der Waals surface area (Å²) in [5.41, 5.74) is 0. The van der Waals surface area contributed by atoms with Crippen LogP contribution in [0.15, 0.2) is 6.07 Å². The van der Waals surface area contributed by atoms with E-state index in [1.807, 2.05) is 25.9 Å². The monoisotopic (exact) mass is 259 g/mol. The van der Waals surface area contributed by atoms with Crippen molar-refractivity contribution in [2.75, 3.05) is 32.1 Å². The van der Waals surface area contributed by atoms with Gasteiger partial charge in [-0.25, -0.2) is 8.78 Å². The van der Waals surface area contributed by atoms with Crippen LogP contribution in [0.5, 0.6) is 0 Å². The van der Waals surface area contributed by atoms with E-state index < -0.39 is 17.6 Å². The van der Waals surface area contributed by atoms with Gasteiger partial charge in [0.15, 0.2) is 17.5 Å². The second-order valence-electron chi connectivity index (χ2n) is 4.98. The second kappa shape index (κ2) is 4.76. The number of pyridine rings is 1. The Morgan fingerprint density at radius 2 is 1.89 bits per heavy atom. The van der Waals surface area contributed by atoms with E-state index in [0.717, 1.165) is 0 Å². The van der Waals surface area contributed by atoms with Gasteiger partial charge in [0.1, 0.15) is 0 Å². The van der Waals surface area contributed by atoms with Crippen molar-refractivity contribution in [2.24, 2.45) is 5.92 Å². The van der Waals surface area contributed by atoms with Gasteiger partial charge in [0.2, 0.25) is 0 Å². The summed E-state index contributed by atoms with van der Waals surface area (Å²) in [5.74, 6) is -3.13. The van der Waals surface area contributed by atoms with Gasteiger partial charge in [0.05, 0.1) is 0 Å². The summed E-state index contributed by atoms with van der Waals surface area (Å²) in [6, 6.07) is 0.796. The highest BCUT2D eigenvalue weighted by Crippen LogP contribution is 2.27. The van der Waals surface area contributed by atoms with E-state index in [-0.39, 0.29) is 11.9 Å². The minimum atomic E-state index is -1.26. The van der Waals surface area contributed by atoms with Crippen LogP contribution >= 0.6 is 0 Å². The van der Waals surface area contributed by atoms with E-state index in [1.54, 1.807) is 4.90 Å². The van der Waals surface area contributed by atoms with E-state index in [0.29, 0.717) is 25.1 Å². The highest BCUT2D eigenvalue weighted by atomic mass is 19.2. The van der Waals surface area contributed by atoms with Gasteiger partial charge in [-0.3, -0.25) is 0 Å². The van der Waals surface area contributed by atoms with Gasteiger partial charge in [-0.15, -0.1) is 0 Å². The molecule has 1 saturated heterocycles. The van der Waals surface area contributed by atoms with Crippen molar-refractivity contribution in [3.8, 4) is 0 Å². The lowest BCUT2D eigenvalue weighted by Crippen LogP contribution is -2.34. The Bertz CT molecular complexity index is 450. The molecule has 0 aromatic carbocycles. The lowest BCUT2D eigenvalue weighted by molar-refractivity contribution is 0.266. The van der Waals surface area contributed by atoms with Crippen molar-refractivity contribution in [1.82, 2.24) is 9.88 Å². The predicted molar refractivity (Wildman–Crippen MR) is 63.0 cm³/mol. The van der Waals surface area contributed by atoms with Crippen molar-refractivity contribution >= 4 is 5.82 Å². The fourth-order valence-corrected chi connectivity index (χ4v) is 2.45. The molecule has 0 radical (unpaired) electrons. The lowest BCUT2D eigenvalue weighted by atomic mass is 10.1. The van der Waals surface area contributed by atoms with E-state index in [4.69, 9.17) is 0 Å². The molecule has 0 spiro atoms. The molecular weight excluding hydrogens is 243 g/mol. The minimum Gasteiger partial charge on any atom is -0.352 e. The summed E-state index contributed by atoms with van der Waals surface area (Å²) >= 11 is 0. The van der Waals surface area contributed by atoms with Gasteiger partial charge in [0.25, 0.3) is 5.95 Å². The summed E-state index contributed by atoms with van der Waals surface area (Å²) in [6.45, 7) is 3.18. The molecule has 3 nitrogen and oxygen atoms in total. The van der Waals surface area contributed by atoms with Gasteiger partial charge in [-0.05, 0) is 20.0 Å². The molecule has 2 unspecified atom stereocenters. The molecule has 0 N–H and O–H groups in total. The molecule has 0 amide bonds. The third-order valence-corrected chi connectivity index (χ3v) is 3.40. The van der Waals surface area contributed by atoms with Crippen LogP contribution in [0.3, 0.4) is 0 Å². The van der Waals surface area contributed by atoms with Crippen molar-refractivity contribution in [3.05, 3.63) is 23.6 Å². The summed E-state index contributed by atoms with van der Waals surface area (Å²) in [5, 5.41) is 0. The van der Waals surface area contributed by atoms with E-state index in [1.165, 1.54) is 0 Å². The van der Waals surface area contributed by atoms with Crippen LogP contribution in [0.25, 0.3) is 0 Å². The molecule has 6 heteroatoms. The Morgan fingerprint density at radius 3 is 2.44 bits per heavy atom. The van der Waals surface area contributed by atoms with Crippen LogP contribution in [0.4, 0.5) is 19.0 Å². The summed E-state index contributed by atoms with van der Waals surface area (Å²) in [7, 11) is 3.89. The number of nitrogens with zero attached hydrogens (tertiary/aromatic N) is 3. The van der Waals surface area contributed by atoms with Crippen molar-refractivity contribution in [3.63, 3.8) is 0 Å². The second-order valence-corrected chi connectivity index (χ2v) is 4.98. The summed E-state index contributed by atoms with van der Waals surface area (Å²) in [6.07, 6.45) is 0. The molecular formula is C12H16F3N3. The van der Waals surface area contributed by atoms with Gasteiger partial charge in [-0.2, -0.15) is 9.37 Å². The predicted octanol–water partition coefficient (Wildman–Crippen LogP) is 1.89. The van der Waals surface area contributed by atoms with Crippen LogP contribution in [0.1, 0.15) is 6.92 Å². The first kappa shape index (κ1) is 13.1. The van der Waals surface area contributed by atoms with Gasteiger partial charge in [-0.1, -0.05) is 6.92 Å². The number of likely N-dealkylation sites (N-methyl/N-ethyl adjacent to an activating group) is 1. The molecule has 2 atom stereocenters. The fourth-order valence-electron chi connectivity index (χ4n) is 2.45. The molecule has 1 aromatic rings. The Hall–Kier alpha value is -1.30. The quantitative estimate of drug-likeness (QED) is 0.756. The van der Waals surface area contributed by atoms with Crippen molar-refractivity contribution in [1.29, 1.82) is 0 Å². The smallest absolute Gasteiger partial charge is 0.251 e. The van der Waals surface area contributed by atoms with Gasteiger partial charge < -0.3 is 9.80 Å². The first-order chi connectivity index (χ1) is 8.40. The zero-order chi connectivity index (χ0) is 13.4. The highest BCUT2D eigenvalue weighted by molar-refractivity contribution is 5.42. The number of aromatic nitrogens is 1. The molecule has 2 heterocycles. The van der Waals surface area contributed by atoms with Crippen LogP contribution in [0, 0.1) is 23.5 Å². The fraction of sp³-hybridized carbons (Fsp3) is 0.583. The van der Waals surface area contributed by atoms with Crippen LogP contribution in [-0.2, 0) is 0 Å². The van der Waals surface area contributed by atoms with Gasteiger partial charge in [0, 0.05) is 25.2 Å². The number of hydrogen-bond acceptors (Lipinski definition) is 3. The standard InChI is InChI=1S/C12H16F3N3/c1-7-5-18(6-10(7)17(2)3)12-9(14)4-8(13)11(15)16-12/h4,7,10H,5-6H2,1-3H3. The first-order valence-corrected chi connectivity index (χ1v) is 5.83. The molecule has 1 aliphatic heterocycles. The average molecular weight is 259 g/mol. The first-order valence-electron chi connectivity index (χ1n) is 5.83. The van der Waals surface area contributed by atoms with Crippen molar-refractivity contribution < 1.29 is 13.2 Å². The SMILES string of the molecule is CC1CN(c2nc(F)c(F)cc2F)CC1N(C)C. The van der Waals surface area contributed by atoms with E-state index >= 15 is 0 Å². The van der Waals surface area contributed by atoms with E-state index in [2.05, 4.69) is 4.98 Å². The normalized spacial score (nSPS) is 24.1. The number of anilines is 1. The summed E-state index contributed by atoms with van der Waals surface area (Å²) < 4.78 is 39.5.